The summed E-state index contributed by atoms with van der Waals surface area (Å²) >= 11 is 0. The maximum atomic E-state index is 12.2. The number of hydrogen-bond acceptors (Lipinski definition) is 5. The number of esters is 1. The lowest BCUT2D eigenvalue weighted by Gasteiger charge is -2.16. The standard InChI is InChI=1S/C24H25N3O4/c1-17(24(29)26(2)3)31-22(28)15-12-19-16-27(20-8-6-5-7-9-20)25-23(19)18-10-13-21(30-4)14-11-18/h5-17H,1-4H3/b15-12+/t17-/m1/s1. The van der Waals surface area contributed by atoms with Gasteiger partial charge in [-0.2, -0.15) is 5.10 Å². The molecule has 3 aromatic rings. The molecule has 1 aromatic heterocycles. The average molecular weight is 419 g/mol. The van der Waals surface area contributed by atoms with Crippen LogP contribution in [0.5, 0.6) is 5.75 Å². The Labute approximate surface area is 181 Å². The summed E-state index contributed by atoms with van der Waals surface area (Å²) in [4.78, 5) is 25.5. The smallest absolute Gasteiger partial charge is 0.331 e. The van der Waals surface area contributed by atoms with Gasteiger partial charge in [0.2, 0.25) is 0 Å². The van der Waals surface area contributed by atoms with E-state index in [1.54, 1.807) is 38.9 Å². The van der Waals surface area contributed by atoms with Gasteiger partial charge in [0.15, 0.2) is 6.10 Å². The van der Waals surface area contributed by atoms with Crippen molar-refractivity contribution >= 4 is 18.0 Å². The van der Waals surface area contributed by atoms with Crippen molar-refractivity contribution in [2.24, 2.45) is 0 Å². The van der Waals surface area contributed by atoms with Crippen LogP contribution in [-0.2, 0) is 14.3 Å². The van der Waals surface area contributed by atoms with E-state index in [1.165, 1.54) is 11.0 Å². The maximum absolute atomic E-state index is 12.2. The van der Waals surface area contributed by atoms with E-state index in [9.17, 15) is 9.59 Å². The van der Waals surface area contributed by atoms with Crippen molar-refractivity contribution in [1.82, 2.24) is 14.7 Å². The summed E-state index contributed by atoms with van der Waals surface area (Å²) < 4.78 is 12.2. The first-order valence-corrected chi connectivity index (χ1v) is 9.78. The molecule has 7 heteroatoms. The highest BCUT2D eigenvalue weighted by Crippen LogP contribution is 2.26. The van der Waals surface area contributed by atoms with E-state index in [-0.39, 0.29) is 5.91 Å². The maximum Gasteiger partial charge on any atom is 0.331 e. The second-order valence-corrected chi connectivity index (χ2v) is 7.09. The molecular weight excluding hydrogens is 394 g/mol. The minimum atomic E-state index is -0.861. The summed E-state index contributed by atoms with van der Waals surface area (Å²) in [5.74, 6) is -0.139. The number of para-hydroxylation sites is 1. The van der Waals surface area contributed by atoms with Gasteiger partial charge >= 0.3 is 5.97 Å². The number of rotatable bonds is 7. The highest BCUT2D eigenvalue weighted by Gasteiger charge is 2.18. The van der Waals surface area contributed by atoms with E-state index in [4.69, 9.17) is 14.6 Å². The SMILES string of the molecule is COc1ccc(-c2nn(-c3ccccc3)cc2/C=C/C(=O)O[C@H](C)C(=O)N(C)C)cc1. The summed E-state index contributed by atoms with van der Waals surface area (Å²) in [5, 5.41) is 4.71. The summed E-state index contributed by atoms with van der Waals surface area (Å²) in [7, 11) is 4.84. The lowest BCUT2D eigenvalue weighted by Crippen LogP contribution is -2.34. The summed E-state index contributed by atoms with van der Waals surface area (Å²) in [6.45, 7) is 1.55. The number of aromatic nitrogens is 2. The van der Waals surface area contributed by atoms with Gasteiger partial charge in [-0.3, -0.25) is 4.79 Å². The number of hydrogen-bond donors (Lipinski definition) is 0. The zero-order valence-electron chi connectivity index (χ0n) is 18.0. The second kappa shape index (κ2) is 9.75. The molecule has 0 N–H and O–H groups in total. The highest BCUT2D eigenvalue weighted by molar-refractivity contribution is 5.91. The van der Waals surface area contributed by atoms with E-state index < -0.39 is 12.1 Å². The van der Waals surface area contributed by atoms with Crippen LogP contribution in [0.15, 0.2) is 66.9 Å². The lowest BCUT2D eigenvalue weighted by molar-refractivity contribution is -0.153. The number of likely N-dealkylation sites (N-methyl/N-ethyl adjacent to an activating group) is 1. The third-order valence-electron chi connectivity index (χ3n) is 4.61. The van der Waals surface area contributed by atoms with Crippen molar-refractivity contribution in [3.05, 3.63) is 72.4 Å². The molecule has 3 rings (SSSR count). The Balaban J connectivity index is 1.90. The fourth-order valence-corrected chi connectivity index (χ4v) is 2.98. The molecule has 0 aliphatic heterocycles. The largest absolute Gasteiger partial charge is 0.497 e. The highest BCUT2D eigenvalue weighted by atomic mass is 16.5. The number of benzene rings is 2. The molecule has 0 spiro atoms. The van der Waals surface area contributed by atoms with E-state index in [2.05, 4.69) is 0 Å². The Bertz CT molecular complexity index is 1070. The molecule has 0 unspecified atom stereocenters. The number of ether oxygens (including phenoxy) is 2. The number of carbonyl (C=O) groups is 2. The summed E-state index contributed by atoms with van der Waals surface area (Å²) in [5.41, 5.74) is 3.20. The molecule has 0 saturated heterocycles. The van der Waals surface area contributed by atoms with Crippen molar-refractivity contribution in [2.45, 2.75) is 13.0 Å². The van der Waals surface area contributed by atoms with Crippen LogP contribution in [0.4, 0.5) is 0 Å². The number of methoxy groups -OCH3 is 1. The fraction of sp³-hybridized carbons (Fsp3) is 0.208. The van der Waals surface area contributed by atoms with Crippen LogP contribution < -0.4 is 4.74 Å². The van der Waals surface area contributed by atoms with Gasteiger partial charge in [0.1, 0.15) is 5.75 Å². The monoisotopic (exact) mass is 419 g/mol. The molecule has 2 aromatic carbocycles. The van der Waals surface area contributed by atoms with Gasteiger partial charge in [-0.1, -0.05) is 18.2 Å². The van der Waals surface area contributed by atoms with Crippen molar-refractivity contribution < 1.29 is 19.1 Å². The molecule has 160 valence electrons. The predicted molar refractivity (Wildman–Crippen MR) is 119 cm³/mol. The van der Waals surface area contributed by atoms with Crippen LogP contribution in [-0.4, -0.2) is 53.9 Å². The minimum Gasteiger partial charge on any atom is -0.497 e. The van der Waals surface area contributed by atoms with E-state index in [1.807, 2.05) is 60.8 Å². The Morgan fingerprint density at radius 2 is 1.74 bits per heavy atom. The molecule has 7 nitrogen and oxygen atoms in total. The summed E-state index contributed by atoms with van der Waals surface area (Å²) in [6, 6.07) is 17.2. The predicted octanol–water partition coefficient (Wildman–Crippen LogP) is 3.58. The van der Waals surface area contributed by atoms with Crippen LogP contribution in [0.1, 0.15) is 12.5 Å². The first-order valence-electron chi connectivity index (χ1n) is 9.78. The van der Waals surface area contributed by atoms with E-state index >= 15 is 0 Å². The van der Waals surface area contributed by atoms with Crippen molar-refractivity contribution in [3.63, 3.8) is 0 Å². The first kappa shape index (κ1) is 21.8. The third kappa shape index (κ3) is 5.39. The molecule has 0 radical (unpaired) electrons. The van der Waals surface area contributed by atoms with Crippen LogP contribution >= 0.6 is 0 Å². The number of amides is 1. The number of nitrogens with zero attached hydrogens (tertiary/aromatic N) is 3. The molecular formula is C24H25N3O4. The molecule has 1 heterocycles. The van der Waals surface area contributed by atoms with Crippen LogP contribution in [0.3, 0.4) is 0 Å². The first-order chi connectivity index (χ1) is 14.9. The average Bonchev–Trinajstić information content (AvgIpc) is 3.22. The van der Waals surface area contributed by atoms with Gasteiger partial charge in [0.25, 0.3) is 5.91 Å². The molecule has 0 bridgehead atoms. The Morgan fingerprint density at radius 1 is 1.06 bits per heavy atom. The molecule has 0 aliphatic carbocycles. The quantitative estimate of drug-likeness (QED) is 0.432. The van der Waals surface area contributed by atoms with Gasteiger partial charge < -0.3 is 14.4 Å². The lowest BCUT2D eigenvalue weighted by atomic mass is 10.1. The van der Waals surface area contributed by atoms with Crippen molar-refractivity contribution in [1.29, 1.82) is 0 Å². The topological polar surface area (TPSA) is 73.7 Å². The van der Waals surface area contributed by atoms with Gasteiger partial charge in [-0.15, -0.1) is 0 Å². The van der Waals surface area contributed by atoms with E-state index in [0.717, 1.165) is 22.6 Å². The van der Waals surface area contributed by atoms with E-state index in [0.29, 0.717) is 5.69 Å². The summed E-state index contributed by atoms with van der Waals surface area (Å²) in [6.07, 6.45) is 3.92. The second-order valence-electron chi connectivity index (χ2n) is 7.09. The molecule has 1 amide bonds. The zero-order valence-corrected chi connectivity index (χ0v) is 18.0. The zero-order chi connectivity index (χ0) is 22.4. The third-order valence-corrected chi connectivity index (χ3v) is 4.61. The van der Waals surface area contributed by atoms with Crippen molar-refractivity contribution in [3.8, 4) is 22.7 Å². The molecule has 0 fully saturated rings. The Hall–Kier alpha value is -3.87. The Morgan fingerprint density at radius 3 is 2.35 bits per heavy atom. The van der Waals surface area contributed by atoms with Gasteiger partial charge in [-0.05, 0) is 49.4 Å². The van der Waals surface area contributed by atoms with Crippen molar-refractivity contribution in [2.75, 3.05) is 21.2 Å². The van der Waals surface area contributed by atoms with Crippen LogP contribution in [0.25, 0.3) is 23.0 Å². The minimum absolute atomic E-state index is 0.280. The normalized spacial score (nSPS) is 11.9. The number of carbonyl (C=O) groups excluding carboxylic acids is 2. The Kier molecular flexibility index (Phi) is 6.87. The molecule has 31 heavy (non-hydrogen) atoms. The van der Waals surface area contributed by atoms with Crippen LogP contribution in [0, 0.1) is 0 Å². The molecule has 0 aliphatic rings. The van der Waals surface area contributed by atoms with Crippen LogP contribution in [0.2, 0.25) is 0 Å². The van der Waals surface area contributed by atoms with Gasteiger partial charge in [0.05, 0.1) is 18.5 Å². The van der Waals surface area contributed by atoms with Gasteiger partial charge in [0, 0.05) is 37.5 Å². The fourth-order valence-electron chi connectivity index (χ4n) is 2.98. The molecule has 1 atom stereocenters. The van der Waals surface area contributed by atoms with Gasteiger partial charge in [-0.25, -0.2) is 9.48 Å². The molecule has 0 saturated carbocycles.